The molecule has 16 atom stereocenters. The van der Waals surface area contributed by atoms with E-state index in [2.05, 4.69) is 0 Å². The minimum Gasteiger partial charge on any atom is -0.462 e. The lowest BCUT2D eigenvalue weighted by Crippen LogP contribution is -2.66. The van der Waals surface area contributed by atoms with Gasteiger partial charge < -0.3 is 62.9 Å². The number of hydrogen-bond donors (Lipinski definition) is 3. The second kappa shape index (κ2) is 22.7. The van der Waals surface area contributed by atoms with Crippen molar-refractivity contribution in [1.82, 2.24) is 4.90 Å². The zero-order valence-electron chi connectivity index (χ0n) is 36.1. The summed E-state index contributed by atoms with van der Waals surface area (Å²) in [7, 11) is 4.86. The van der Waals surface area contributed by atoms with E-state index in [-0.39, 0.29) is 31.6 Å². The number of rotatable bonds is 12. The zero-order chi connectivity index (χ0) is 43.5. The minimum absolute atomic E-state index is 0.0460. The zero-order valence-corrected chi connectivity index (χ0v) is 36.1. The molecule has 3 aliphatic rings. The van der Waals surface area contributed by atoms with Crippen LogP contribution in [0.3, 0.4) is 0 Å². The molecule has 0 amide bonds. The molecule has 332 valence electrons. The van der Waals surface area contributed by atoms with Crippen LogP contribution in [0.4, 0.5) is 0 Å². The van der Waals surface area contributed by atoms with Gasteiger partial charge in [0, 0.05) is 39.7 Å². The van der Waals surface area contributed by atoms with Crippen LogP contribution in [0.1, 0.15) is 93.9 Å². The quantitative estimate of drug-likeness (QED) is 0.147. The van der Waals surface area contributed by atoms with E-state index in [0.29, 0.717) is 12.7 Å². The molecule has 0 radical (unpaired) electrons. The van der Waals surface area contributed by atoms with E-state index < -0.39 is 121 Å². The molecular formula is C42H69NO15. The molecule has 0 saturated carbocycles. The summed E-state index contributed by atoms with van der Waals surface area (Å²) >= 11 is 0. The number of hydrogen-bond acceptors (Lipinski definition) is 16. The van der Waals surface area contributed by atoms with Gasteiger partial charge in [0.15, 0.2) is 18.7 Å². The average Bonchev–Trinajstić information content (AvgIpc) is 3.09. The third-order valence-electron chi connectivity index (χ3n) is 10.9. The first-order chi connectivity index (χ1) is 27.2. The molecule has 2 fully saturated rings. The number of aliphatic hydroxyl groups excluding tert-OH is 2. The van der Waals surface area contributed by atoms with Gasteiger partial charge in [-0.15, -0.1) is 0 Å². The Morgan fingerprint density at radius 2 is 1.71 bits per heavy atom. The fourth-order valence-electron chi connectivity index (χ4n) is 8.08. The maximum Gasteiger partial charge on any atom is 0.309 e. The lowest BCUT2D eigenvalue weighted by atomic mass is 9.82. The van der Waals surface area contributed by atoms with Crippen molar-refractivity contribution in [2.45, 2.75) is 179 Å². The normalized spacial score (nSPS) is 40.7. The Balaban J connectivity index is 1.98. The summed E-state index contributed by atoms with van der Waals surface area (Å²) in [5.74, 6) is -2.82. The predicted octanol–water partition coefficient (Wildman–Crippen LogP) is 3.01. The van der Waals surface area contributed by atoms with Crippen molar-refractivity contribution in [1.29, 1.82) is 0 Å². The van der Waals surface area contributed by atoms with Gasteiger partial charge in [0.25, 0.3) is 0 Å². The maximum absolute atomic E-state index is 13.2. The lowest BCUT2D eigenvalue weighted by molar-refractivity contribution is -0.344. The monoisotopic (exact) mass is 827 g/mol. The largest absolute Gasteiger partial charge is 0.462 e. The Bertz CT molecular complexity index is 1390. The summed E-state index contributed by atoms with van der Waals surface area (Å²) in [6.45, 7) is 13.5. The number of carbonyl (C=O) groups is 4. The first kappa shape index (κ1) is 49.6. The second-order valence-corrected chi connectivity index (χ2v) is 17.0. The molecule has 3 heterocycles. The number of aldehydes is 1. The minimum atomic E-state index is -1.50. The van der Waals surface area contributed by atoms with Crippen LogP contribution in [0.25, 0.3) is 0 Å². The molecular weight excluding hydrogens is 758 g/mol. The Hall–Kier alpha value is -2.80. The highest BCUT2D eigenvalue weighted by Gasteiger charge is 2.53. The van der Waals surface area contributed by atoms with Gasteiger partial charge >= 0.3 is 17.9 Å². The van der Waals surface area contributed by atoms with Gasteiger partial charge in [0.2, 0.25) is 0 Å². The fraction of sp³-hybridized carbons (Fsp3) is 0.810. The fourth-order valence-corrected chi connectivity index (χ4v) is 8.08. The number of aliphatic hydroxyl groups is 3. The lowest BCUT2D eigenvalue weighted by Gasteiger charge is -2.50. The van der Waals surface area contributed by atoms with Gasteiger partial charge in [0.05, 0.1) is 36.9 Å². The first-order valence-electron chi connectivity index (χ1n) is 20.4. The molecule has 16 heteroatoms. The van der Waals surface area contributed by atoms with E-state index in [1.54, 1.807) is 71.0 Å². The van der Waals surface area contributed by atoms with Gasteiger partial charge in [-0.2, -0.15) is 0 Å². The molecule has 3 aliphatic heterocycles. The van der Waals surface area contributed by atoms with Crippen molar-refractivity contribution >= 4 is 24.2 Å². The van der Waals surface area contributed by atoms with Crippen LogP contribution in [-0.2, 0) is 57.1 Å². The average molecular weight is 828 g/mol. The van der Waals surface area contributed by atoms with Crippen molar-refractivity contribution in [3.05, 3.63) is 24.3 Å². The summed E-state index contributed by atoms with van der Waals surface area (Å²) in [6, 6.07) is -0.782. The van der Waals surface area contributed by atoms with E-state index in [0.717, 1.165) is 0 Å². The van der Waals surface area contributed by atoms with E-state index in [1.165, 1.54) is 14.0 Å². The highest BCUT2D eigenvalue weighted by atomic mass is 16.7. The van der Waals surface area contributed by atoms with Crippen LogP contribution >= 0.6 is 0 Å². The number of allylic oxidation sites excluding steroid dienone is 2. The number of cyclic esters (lactones) is 1. The number of nitrogens with zero attached hydrogens (tertiary/aromatic N) is 1. The number of likely N-dealkylation sites (N-methyl/N-ethyl adjacent to an activating group) is 1. The van der Waals surface area contributed by atoms with Crippen molar-refractivity contribution in [2.24, 2.45) is 17.8 Å². The smallest absolute Gasteiger partial charge is 0.309 e. The molecule has 3 N–H and O–H groups in total. The highest BCUT2D eigenvalue weighted by Crippen LogP contribution is 2.38. The van der Waals surface area contributed by atoms with E-state index in [4.69, 9.17) is 37.9 Å². The van der Waals surface area contributed by atoms with Crippen molar-refractivity contribution < 1.29 is 72.4 Å². The summed E-state index contributed by atoms with van der Waals surface area (Å²) in [4.78, 5) is 52.3. The SMILES string of the molecule is COC1[C@@H](O[C@@H]2O[C@H](C)[C@@H](O[C@H]3C[C@@](C)(O)[C@@H](OC(=O)CC(C)C)[C@H](C)O3)[C@H](N(C)C)[C@H]2O)[C@@H](CC=O)C[C@@H](C)[C@@H](O)/C=C/C=C/C[C@@H](C)OC(=O)C[C@H]1OC(C)=O. The van der Waals surface area contributed by atoms with Gasteiger partial charge in [-0.1, -0.05) is 45.1 Å². The highest BCUT2D eigenvalue weighted by molar-refractivity contribution is 5.72. The van der Waals surface area contributed by atoms with Crippen LogP contribution in [0.15, 0.2) is 24.3 Å². The van der Waals surface area contributed by atoms with Crippen molar-refractivity contribution in [3.8, 4) is 0 Å². The molecule has 58 heavy (non-hydrogen) atoms. The van der Waals surface area contributed by atoms with Crippen LogP contribution < -0.4 is 0 Å². The van der Waals surface area contributed by atoms with Gasteiger partial charge in [-0.05, 0) is 66.0 Å². The van der Waals surface area contributed by atoms with Crippen LogP contribution in [0, 0.1) is 17.8 Å². The third kappa shape index (κ3) is 14.2. The number of ether oxygens (including phenoxy) is 8. The summed E-state index contributed by atoms with van der Waals surface area (Å²) in [5, 5.41) is 34.6. The Kier molecular flexibility index (Phi) is 19.4. The van der Waals surface area contributed by atoms with Crippen molar-refractivity contribution in [3.63, 3.8) is 0 Å². The summed E-state index contributed by atoms with van der Waals surface area (Å²) < 4.78 is 48.6. The number of carbonyl (C=O) groups excluding carboxylic acids is 4. The topological polar surface area (TPSA) is 206 Å². The van der Waals surface area contributed by atoms with Crippen molar-refractivity contribution in [2.75, 3.05) is 21.2 Å². The predicted molar refractivity (Wildman–Crippen MR) is 210 cm³/mol. The third-order valence-corrected chi connectivity index (χ3v) is 10.9. The molecule has 0 aromatic carbocycles. The van der Waals surface area contributed by atoms with E-state index in [9.17, 15) is 34.5 Å². The first-order valence-corrected chi connectivity index (χ1v) is 20.4. The standard InChI is InChI=1S/C42H69NO15/c1-23(2)19-32(47)56-40-27(6)53-34(22-42(40,8)50)57-37-26(5)54-41(36(49)35(37)43(9)10)58-38-29(17-18-44)20-24(3)30(46)16-14-12-13-15-25(4)52-33(48)21-31(39(38)51-11)55-28(7)45/h12-14,16,18,23-27,29-31,34-41,46,49-50H,15,17,19-22H2,1-11H3/b13-12+,16-14+/t24-,25-,26-,27+,29+,30+,31-,34+,35-,36-,37-,38+,39?,40+,41+,42-/m1/s1. The Labute approximate surface area is 343 Å². The van der Waals surface area contributed by atoms with Crippen LogP contribution in [-0.4, -0.2) is 151 Å². The number of methoxy groups -OCH3 is 1. The Morgan fingerprint density at radius 3 is 2.29 bits per heavy atom. The van der Waals surface area contributed by atoms with Gasteiger partial charge in [-0.3, -0.25) is 14.4 Å². The molecule has 0 bridgehead atoms. The molecule has 3 rings (SSSR count). The van der Waals surface area contributed by atoms with Crippen LogP contribution in [0.5, 0.6) is 0 Å². The molecule has 2 saturated heterocycles. The Morgan fingerprint density at radius 1 is 1.02 bits per heavy atom. The molecule has 0 aromatic rings. The molecule has 1 unspecified atom stereocenters. The van der Waals surface area contributed by atoms with E-state index >= 15 is 0 Å². The molecule has 0 aromatic heterocycles. The molecule has 0 aliphatic carbocycles. The molecule has 0 spiro atoms. The number of esters is 3. The van der Waals surface area contributed by atoms with Crippen LogP contribution in [0.2, 0.25) is 0 Å². The van der Waals surface area contributed by atoms with E-state index in [1.807, 2.05) is 20.8 Å². The second-order valence-electron chi connectivity index (χ2n) is 17.0. The molecule has 16 nitrogen and oxygen atoms in total. The summed E-state index contributed by atoms with van der Waals surface area (Å²) in [6.07, 6.45) is -4.11. The van der Waals surface area contributed by atoms with Gasteiger partial charge in [-0.25, -0.2) is 0 Å². The summed E-state index contributed by atoms with van der Waals surface area (Å²) in [5.41, 5.74) is -1.50. The maximum atomic E-state index is 13.2. The van der Waals surface area contributed by atoms with Gasteiger partial charge in [0.1, 0.15) is 42.4 Å².